The van der Waals surface area contributed by atoms with Crippen LogP contribution < -0.4 is 5.73 Å². The van der Waals surface area contributed by atoms with Gasteiger partial charge in [0.05, 0.1) is 5.69 Å². The third kappa shape index (κ3) is 1.65. The molecule has 0 amide bonds. The number of rotatable bonds is 3. The van der Waals surface area contributed by atoms with Crippen molar-refractivity contribution < 1.29 is 5.11 Å². The van der Waals surface area contributed by atoms with Gasteiger partial charge in [-0.05, 0) is 19.9 Å². The zero-order valence-corrected chi connectivity index (χ0v) is 7.44. The smallest absolute Gasteiger partial charge is 0.110 e. The summed E-state index contributed by atoms with van der Waals surface area (Å²) in [6, 6.07) is 1.53. The lowest BCUT2D eigenvalue weighted by Crippen LogP contribution is -2.26. The van der Waals surface area contributed by atoms with Crippen LogP contribution in [-0.4, -0.2) is 20.9 Å². The van der Waals surface area contributed by atoms with Crippen LogP contribution in [0.2, 0.25) is 0 Å². The van der Waals surface area contributed by atoms with E-state index < -0.39 is 6.10 Å². The first-order valence-electron chi connectivity index (χ1n) is 4.12. The van der Waals surface area contributed by atoms with Gasteiger partial charge in [0.15, 0.2) is 0 Å². The van der Waals surface area contributed by atoms with Gasteiger partial charge in [-0.3, -0.25) is 4.68 Å². The highest BCUT2D eigenvalue weighted by molar-refractivity contribution is 5.06. The molecule has 0 fully saturated rings. The highest BCUT2D eigenvalue weighted by atomic mass is 16.3. The summed E-state index contributed by atoms with van der Waals surface area (Å²) in [5.74, 6) is 0. The fraction of sp³-hybridized carbons (Fsp3) is 0.625. The largest absolute Gasteiger partial charge is 0.385 e. The number of aromatic nitrogens is 2. The van der Waals surface area contributed by atoms with Crippen molar-refractivity contribution in [2.45, 2.75) is 32.5 Å². The highest BCUT2D eigenvalue weighted by Gasteiger charge is 2.15. The Kier molecular flexibility index (Phi) is 2.83. The lowest BCUT2D eigenvalue weighted by atomic mass is 10.1. The summed E-state index contributed by atoms with van der Waals surface area (Å²) >= 11 is 0. The van der Waals surface area contributed by atoms with Gasteiger partial charge in [0.2, 0.25) is 0 Å². The minimum atomic E-state index is -0.618. The molecule has 0 saturated carbocycles. The second kappa shape index (κ2) is 3.69. The minimum absolute atomic E-state index is 0.257. The van der Waals surface area contributed by atoms with E-state index >= 15 is 0 Å². The maximum atomic E-state index is 9.61. The van der Waals surface area contributed by atoms with Gasteiger partial charge in [-0.15, -0.1) is 0 Å². The van der Waals surface area contributed by atoms with Crippen LogP contribution >= 0.6 is 0 Å². The SMILES string of the molecule is CCn1nccc1C(O)C(C)N. The Balaban J connectivity index is 2.86. The van der Waals surface area contributed by atoms with E-state index in [2.05, 4.69) is 5.10 Å². The number of aliphatic hydroxyl groups is 1. The van der Waals surface area contributed by atoms with Crippen LogP contribution in [0.15, 0.2) is 12.3 Å². The van der Waals surface area contributed by atoms with Crippen molar-refractivity contribution in [3.05, 3.63) is 18.0 Å². The van der Waals surface area contributed by atoms with Gasteiger partial charge >= 0.3 is 0 Å². The number of aryl methyl sites for hydroxylation is 1. The van der Waals surface area contributed by atoms with Gasteiger partial charge in [-0.1, -0.05) is 0 Å². The van der Waals surface area contributed by atoms with Crippen molar-refractivity contribution in [2.75, 3.05) is 0 Å². The van der Waals surface area contributed by atoms with Gasteiger partial charge in [0.1, 0.15) is 6.10 Å². The van der Waals surface area contributed by atoms with E-state index in [0.29, 0.717) is 0 Å². The molecule has 1 rings (SSSR count). The second-order valence-electron chi connectivity index (χ2n) is 2.88. The third-order valence-corrected chi connectivity index (χ3v) is 1.85. The van der Waals surface area contributed by atoms with E-state index in [-0.39, 0.29) is 6.04 Å². The Morgan fingerprint density at radius 3 is 2.92 bits per heavy atom. The number of nitrogens with zero attached hydrogens (tertiary/aromatic N) is 2. The topological polar surface area (TPSA) is 64.1 Å². The number of hydrogen-bond acceptors (Lipinski definition) is 3. The molecule has 0 aliphatic heterocycles. The normalized spacial score (nSPS) is 16.0. The molecular weight excluding hydrogens is 154 g/mol. The molecule has 1 heterocycles. The molecule has 1 aromatic heterocycles. The van der Waals surface area contributed by atoms with Gasteiger partial charge < -0.3 is 10.8 Å². The number of aliphatic hydroxyl groups excluding tert-OH is 1. The molecule has 0 aliphatic rings. The Morgan fingerprint density at radius 1 is 1.75 bits per heavy atom. The van der Waals surface area contributed by atoms with Crippen LogP contribution in [-0.2, 0) is 6.54 Å². The van der Waals surface area contributed by atoms with Crippen LogP contribution in [0.4, 0.5) is 0 Å². The monoisotopic (exact) mass is 169 g/mol. The molecule has 2 unspecified atom stereocenters. The number of hydrogen-bond donors (Lipinski definition) is 2. The molecular formula is C8H15N3O. The molecule has 1 aromatic rings. The maximum absolute atomic E-state index is 9.61. The average molecular weight is 169 g/mol. The fourth-order valence-electron chi connectivity index (χ4n) is 1.13. The summed E-state index contributed by atoms with van der Waals surface area (Å²) in [6.07, 6.45) is 1.05. The summed E-state index contributed by atoms with van der Waals surface area (Å²) < 4.78 is 1.74. The standard InChI is InChI=1S/C8H15N3O/c1-3-11-7(4-5-10-11)8(12)6(2)9/h4-6,8,12H,3,9H2,1-2H3. The van der Waals surface area contributed by atoms with E-state index in [4.69, 9.17) is 5.73 Å². The first-order chi connectivity index (χ1) is 5.66. The molecule has 2 atom stereocenters. The highest BCUT2D eigenvalue weighted by Crippen LogP contribution is 2.14. The van der Waals surface area contributed by atoms with E-state index in [1.54, 1.807) is 23.9 Å². The molecule has 12 heavy (non-hydrogen) atoms. The van der Waals surface area contributed by atoms with E-state index in [9.17, 15) is 5.11 Å². The van der Waals surface area contributed by atoms with Crippen molar-refractivity contribution in [1.82, 2.24) is 9.78 Å². The Bertz CT molecular complexity index is 244. The summed E-state index contributed by atoms with van der Waals surface area (Å²) in [7, 11) is 0. The van der Waals surface area contributed by atoms with Crippen LogP contribution in [0.25, 0.3) is 0 Å². The van der Waals surface area contributed by atoms with Crippen LogP contribution in [0.5, 0.6) is 0 Å². The second-order valence-corrected chi connectivity index (χ2v) is 2.88. The van der Waals surface area contributed by atoms with E-state index in [1.165, 1.54) is 0 Å². The summed E-state index contributed by atoms with van der Waals surface area (Å²) in [6.45, 7) is 4.51. The molecule has 3 N–H and O–H groups in total. The van der Waals surface area contributed by atoms with Gasteiger partial charge in [-0.2, -0.15) is 5.10 Å². The minimum Gasteiger partial charge on any atom is -0.385 e. The Labute approximate surface area is 72.0 Å². The Morgan fingerprint density at radius 2 is 2.42 bits per heavy atom. The van der Waals surface area contributed by atoms with Crippen molar-refractivity contribution in [3.8, 4) is 0 Å². The third-order valence-electron chi connectivity index (χ3n) is 1.85. The van der Waals surface area contributed by atoms with Crippen molar-refractivity contribution in [2.24, 2.45) is 5.73 Å². The van der Waals surface area contributed by atoms with Gasteiger partial charge in [-0.25, -0.2) is 0 Å². The van der Waals surface area contributed by atoms with Gasteiger partial charge in [0, 0.05) is 18.8 Å². The lowest BCUT2D eigenvalue weighted by molar-refractivity contribution is 0.143. The molecule has 0 spiro atoms. The lowest BCUT2D eigenvalue weighted by Gasteiger charge is -2.15. The van der Waals surface area contributed by atoms with Crippen molar-refractivity contribution in [3.63, 3.8) is 0 Å². The van der Waals surface area contributed by atoms with E-state index in [0.717, 1.165) is 12.2 Å². The van der Waals surface area contributed by atoms with Crippen molar-refractivity contribution in [1.29, 1.82) is 0 Å². The summed E-state index contributed by atoms with van der Waals surface area (Å²) in [5.41, 5.74) is 6.34. The van der Waals surface area contributed by atoms with Crippen LogP contribution in [0, 0.1) is 0 Å². The molecule has 4 heteroatoms. The molecule has 0 radical (unpaired) electrons. The fourth-order valence-corrected chi connectivity index (χ4v) is 1.13. The quantitative estimate of drug-likeness (QED) is 0.683. The number of nitrogens with two attached hydrogens (primary N) is 1. The first-order valence-corrected chi connectivity index (χ1v) is 4.12. The van der Waals surface area contributed by atoms with Crippen LogP contribution in [0.3, 0.4) is 0 Å². The zero-order valence-electron chi connectivity index (χ0n) is 7.44. The van der Waals surface area contributed by atoms with Crippen LogP contribution in [0.1, 0.15) is 25.6 Å². The molecule has 4 nitrogen and oxygen atoms in total. The van der Waals surface area contributed by atoms with E-state index in [1.807, 2.05) is 6.92 Å². The zero-order chi connectivity index (χ0) is 9.14. The maximum Gasteiger partial charge on any atom is 0.110 e. The molecule has 0 bridgehead atoms. The molecule has 0 aliphatic carbocycles. The molecule has 0 saturated heterocycles. The predicted molar refractivity (Wildman–Crippen MR) is 46.5 cm³/mol. The van der Waals surface area contributed by atoms with Crippen molar-refractivity contribution >= 4 is 0 Å². The first kappa shape index (κ1) is 9.22. The Hall–Kier alpha value is -0.870. The predicted octanol–water partition coefficient (Wildman–Crippen LogP) is 0.284. The average Bonchev–Trinajstić information content (AvgIpc) is 2.49. The summed E-state index contributed by atoms with van der Waals surface area (Å²) in [4.78, 5) is 0. The summed E-state index contributed by atoms with van der Waals surface area (Å²) in [5, 5.41) is 13.7. The van der Waals surface area contributed by atoms with Gasteiger partial charge in [0.25, 0.3) is 0 Å². The molecule has 0 aromatic carbocycles. The molecule has 68 valence electrons.